The van der Waals surface area contributed by atoms with Crippen molar-refractivity contribution in [2.45, 2.75) is 29.1 Å². The van der Waals surface area contributed by atoms with Gasteiger partial charge in [-0.1, -0.05) is 23.4 Å². The maximum absolute atomic E-state index is 12.9. The fraction of sp³-hybridized carbons (Fsp3) is 0.429. The van der Waals surface area contributed by atoms with E-state index in [2.05, 4.69) is 4.98 Å². The van der Waals surface area contributed by atoms with E-state index in [1.165, 1.54) is 37.3 Å². The number of carbonyl (C=O) groups excluding carboxylic acids is 1. The van der Waals surface area contributed by atoms with Crippen LogP contribution in [0.3, 0.4) is 0 Å². The number of fused-ring (bicyclic) bond motifs is 2. The number of halogens is 2. The Bertz CT molecular complexity index is 865. The largest absolute Gasteiger partial charge is 1.00 e. The van der Waals surface area contributed by atoms with Crippen molar-refractivity contribution in [3.05, 3.63) is 41.6 Å². The third-order valence-corrected chi connectivity index (χ3v) is 6.46. The standard InChI is InChI=1S/C21H24ClN3O3S.ClH/c22-16-6-7-17-19(15-16)29-18-5-4-8-23-20(18)25(17)21(26)28-14-13-27-12-11-24-9-2-1-3-10-24;/h4-8,15H,1-3,9-14H2;1H. The van der Waals surface area contributed by atoms with E-state index in [9.17, 15) is 4.79 Å². The molecule has 2 aliphatic rings. The molecule has 162 valence electrons. The molecule has 1 fully saturated rings. The summed E-state index contributed by atoms with van der Waals surface area (Å²) >= 11 is 7.68. The molecule has 1 saturated heterocycles. The molecule has 30 heavy (non-hydrogen) atoms. The Labute approximate surface area is 192 Å². The molecule has 0 saturated carbocycles. The third-order valence-electron chi connectivity index (χ3n) is 5.14. The van der Waals surface area contributed by atoms with Crippen molar-refractivity contribution in [1.82, 2.24) is 4.98 Å². The lowest BCUT2D eigenvalue weighted by Crippen LogP contribution is -3.13. The highest BCUT2D eigenvalue weighted by Crippen LogP contribution is 2.47. The van der Waals surface area contributed by atoms with Gasteiger partial charge in [0, 0.05) is 16.1 Å². The molecule has 2 aromatic rings. The number of ether oxygens (including phenoxy) is 2. The van der Waals surface area contributed by atoms with Gasteiger partial charge in [0.2, 0.25) is 0 Å². The number of quaternary nitrogens is 1. The van der Waals surface area contributed by atoms with Gasteiger partial charge in [-0.15, -0.1) is 0 Å². The summed E-state index contributed by atoms with van der Waals surface area (Å²) in [5, 5.41) is 0.626. The minimum atomic E-state index is -0.459. The average molecular weight is 470 g/mol. The van der Waals surface area contributed by atoms with E-state index in [-0.39, 0.29) is 19.0 Å². The molecule has 0 unspecified atom stereocenters. The van der Waals surface area contributed by atoms with Gasteiger partial charge in [0.05, 0.1) is 36.9 Å². The lowest BCUT2D eigenvalue weighted by molar-refractivity contribution is -0.905. The van der Waals surface area contributed by atoms with Crippen LogP contribution in [0.2, 0.25) is 5.02 Å². The molecule has 0 spiro atoms. The Morgan fingerprint density at radius 2 is 1.97 bits per heavy atom. The zero-order valence-corrected chi connectivity index (χ0v) is 18.9. The molecule has 1 aromatic carbocycles. The summed E-state index contributed by atoms with van der Waals surface area (Å²) in [6.45, 7) is 4.79. The molecular formula is C21H25Cl2N3O3S. The van der Waals surface area contributed by atoms with Crippen LogP contribution >= 0.6 is 23.4 Å². The number of hydrogen-bond donors (Lipinski definition) is 1. The molecule has 1 N–H and O–H groups in total. The Kier molecular flexibility index (Phi) is 8.65. The van der Waals surface area contributed by atoms with E-state index in [0.29, 0.717) is 24.1 Å². The summed E-state index contributed by atoms with van der Waals surface area (Å²) in [5.74, 6) is 0.576. The van der Waals surface area contributed by atoms with Crippen molar-refractivity contribution < 1.29 is 31.6 Å². The highest BCUT2D eigenvalue weighted by molar-refractivity contribution is 7.99. The van der Waals surface area contributed by atoms with Gasteiger partial charge >= 0.3 is 6.09 Å². The molecule has 0 aliphatic carbocycles. The highest BCUT2D eigenvalue weighted by atomic mass is 35.5. The second-order valence-corrected chi connectivity index (χ2v) is 8.68. The SMILES string of the molecule is O=C(OCCOCC[NH+]1CCCCC1)N1c2ccc(Cl)cc2Sc2cccnc21.[Cl-]. The smallest absolute Gasteiger partial charge is 0.420 e. The summed E-state index contributed by atoms with van der Waals surface area (Å²) in [4.78, 5) is 22.1. The molecule has 0 bridgehead atoms. The average Bonchev–Trinajstić information content (AvgIpc) is 2.75. The molecule has 6 nitrogen and oxygen atoms in total. The van der Waals surface area contributed by atoms with E-state index in [0.717, 1.165) is 22.0 Å². The number of pyridine rings is 1. The fourth-order valence-corrected chi connectivity index (χ4v) is 4.98. The number of nitrogens with zero attached hydrogens (tertiary/aromatic N) is 2. The Balaban J connectivity index is 0.00000256. The molecule has 4 rings (SSSR count). The van der Waals surface area contributed by atoms with Crippen LogP contribution in [0.15, 0.2) is 46.3 Å². The van der Waals surface area contributed by atoms with Gasteiger partial charge < -0.3 is 26.8 Å². The summed E-state index contributed by atoms with van der Waals surface area (Å²) in [7, 11) is 0. The fourth-order valence-electron chi connectivity index (χ4n) is 3.67. The Morgan fingerprint density at radius 3 is 2.80 bits per heavy atom. The van der Waals surface area contributed by atoms with E-state index in [1.54, 1.807) is 28.9 Å². The van der Waals surface area contributed by atoms with Crippen LogP contribution < -0.4 is 22.2 Å². The highest BCUT2D eigenvalue weighted by Gasteiger charge is 2.30. The second-order valence-electron chi connectivity index (χ2n) is 7.16. The van der Waals surface area contributed by atoms with Crippen molar-refractivity contribution in [2.75, 3.05) is 44.4 Å². The van der Waals surface area contributed by atoms with Crippen LogP contribution in [0.5, 0.6) is 0 Å². The second kappa shape index (κ2) is 11.2. The maximum Gasteiger partial charge on any atom is 0.420 e. The third kappa shape index (κ3) is 5.59. The molecule has 0 atom stereocenters. The number of aromatic nitrogens is 1. The zero-order valence-electron chi connectivity index (χ0n) is 16.6. The molecular weight excluding hydrogens is 445 g/mol. The summed E-state index contributed by atoms with van der Waals surface area (Å²) < 4.78 is 11.2. The summed E-state index contributed by atoms with van der Waals surface area (Å²) in [6.07, 6.45) is 5.18. The van der Waals surface area contributed by atoms with Crippen LogP contribution in [0.25, 0.3) is 0 Å². The number of anilines is 2. The van der Waals surface area contributed by atoms with Crippen molar-refractivity contribution >= 4 is 41.0 Å². The van der Waals surface area contributed by atoms with Crippen LogP contribution in [0, 0.1) is 0 Å². The normalized spacial score (nSPS) is 15.7. The number of carbonyl (C=O) groups is 1. The topological polar surface area (TPSA) is 56.1 Å². The maximum atomic E-state index is 12.9. The number of hydrogen-bond acceptors (Lipinski definition) is 5. The molecule has 2 aliphatic heterocycles. The number of piperidine rings is 1. The van der Waals surface area contributed by atoms with Gasteiger partial charge in [0.1, 0.15) is 13.2 Å². The summed E-state index contributed by atoms with van der Waals surface area (Å²) in [5.41, 5.74) is 0.727. The van der Waals surface area contributed by atoms with Gasteiger partial charge in [0.25, 0.3) is 0 Å². The lowest BCUT2D eigenvalue weighted by Gasteiger charge is -2.29. The first-order valence-corrected chi connectivity index (χ1v) is 11.2. The monoisotopic (exact) mass is 469 g/mol. The van der Waals surface area contributed by atoms with Crippen molar-refractivity contribution in [3.8, 4) is 0 Å². The van der Waals surface area contributed by atoms with Gasteiger partial charge in [-0.05, 0) is 49.6 Å². The molecule has 3 heterocycles. The summed E-state index contributed by atoms with van der Waals surface area (Å²) in [6, 6.07) is 9.22. The Morgan fingerprint density at radius 1 is 1.13 bits per heavy atom. The Hall–Kier alpha value is -1.51. The van der Waals surface area contributed by atoms with Crippen LogP contribution in [-0.2, 0) is 9.47 Å². The van der Waals surface area contributed by atoms with Crippen LogP contribution in [-0.4, -0.2) is 50.5 Å². The first-order valence-electron chi connectivity index (χ1n) is 10.0. The predicted molar refractivity (Wildman–Crippen MR) is 114 cm³/mol. The van der Waals surface area contributed by atoms with Crippen molar-refractivity contribution in [2.24, 2.45) is 0 Å². The van der Waals surface area contributed by atoms with Gasteiger partial charge in [-0.3, -0.25) is 0 Å². The van der Waals surface area contributed by atoms with E-state index < -0.39 is 6.09 Å². The number of likely N-dealkylation sites (tertiary alicyclic amines) is 1. The zero-order chi connectivity index (χ0) is 20.1. The van der Waals surface area contributed by atoms with Crippen LogP contribution in [0.1, 0.15) is 19.3 Å². The minimum Gasteiger partial charge on any atom is -1.00 e. The number of nitrogens with one attached hydrogen (secondary N) is 1. The molecule has 9 heteroatoms. The van der Waals surface area contributed by atoms with E-state index in [1.807, 2.05) is 24.3 Å². The van der Waals surface area contributed by atoms with Crippen molar-refractivity contribution in [3.63, 3.8) is 0 Å². The number of amides is 1. The first-order chi connectivity index (χ1) is 14.2. The van der Waals surface area contributed by atoms with E-state index >= 15 is 0 Å². The lowest BCUT2D eigenvalue weighted by atomic mass is 10.1. The van der Waals surface area contributed by atoms with Crippen molar-refractivity contribution in [1.29, 1.82) is 0 Å². The van der Waals surface area contributed by atoms with Gasteiger partial charge in [0.15, 0.2) is 5.82 Å². The molecule has 1 amide bonds. The minimum absolute atomic E-state index is 0. The van der Waals surface area contributed by atoms with E-state index in [4.69, 9.17) is 21.1 Å². The quantitative estimate of drug-likeness (QED) is 0.626. The first kappa shape index (κ1) is 23.2. The number of rotatable bonds is 6. The van der Waals surface area contributed by atoms with Gasteiger partial charge in [-0.25, -0.2) is 14.7 Å². The predicted octanol–water partition coefficient (Wildman–Crippen LogP) is 0.564. The van der Waals surface area contributed by atoms with Crippen LogP contribution in [0.4, 0.5) is 16.3 Å². The number of benzene rings is 1. The molecule has 0 radical (unpaired) electrons. The molecule has 1 aromatic heterocycles. The van der Waals surface area contributed by atoms with Gasteiger partial charge in [-0.2, -0.15) is 0 Å².